The van der Waals surface area contributed by atoms with E-state index in [4.69, 9.17) is 9.84 Å². The summed E-state index contributed by atoms with van der Waals surface area (Å²) in [6.45, 7) is 4.00. The van der Waals surface area contributed by atoms with E-state index in [1.54, 1.807) is 7.11 Å². The monoisotopic (exact) mass is 294 g/mol. The van der Waals surface area contributed by atoms with Crippen molar-refractivity contribution in [2.45, 2.75) is 26.9 Å². The van der Waals surface area contributed by atoms with E-state index < -0.39 is 24.0 Å². The highest BCUT2D eigenvalue weighted by atomic mass is 16.6. The Bertz CT molecular complexity index is 269. The van der Waals surface area contributed by atoms with Gasteiger partial charge in [-0.1, -0.05) is 0 Å². The predicted molar refractivity (Wildman–Crippen MR) is 67.8 cm³/mol. The molecular formula is C12H22O8. The van der Waals surface area contributed by atoms with Crippen LogP contribution in [0.25, 0.3) is 0 Å². The van der Waals surface area contributed by atoms with Crippen molar-refractivity contribution in [2.24, 2.45) is 0 Å². The average molecular weight is 294 g/mol. The molecule has 0 amide bonds. The van der Waals surface area contributed by atoms with Crippen LogP contribution in [0.5, 0.6) is 0 Å². The maximum absolute atomic E-state index is 10.6. The number of aliphatic hydroxyl groups excluding tert-OH is 1. The summed E-state index contributed by atoms with van der Waals surface area (Å²) in [6, 6.07) is 0. The molecule has 8 nitrogen and oxygen atoms in total. The van der Waals surface area contributed by atoms with Gasteiger partial charge in [-0.05, 0) is 0 Å². The van der Waals surface area contributed by atoms with E-state index in [1.165, 1.54) is 20.8 Å². The van der Waals surface area contributed by atoms with Crippen LogP contribution in [-0.2, 0) is 33.3 Å². The summed E-state index contributed by atoms with van der Waals surface area (Å²) in [5.74, 6) is -1.51. The Hall–Kier alpha value is -1.67. The van der Waals surface area contributed by atoms with Gasteiger partial charge < -0.3 is 24.1 Å². The molecule has 0 aliphatic carbocycles. The summed E-state index contributed by atoms with van der Waals surface area (Å²) >= 11 is 0. The molecule has 0 bridgehead atoms. The third-order valence-corrected chi connectivity index (χ3v) is 1.57. The van der Waals surface area contributed by atoms with Crippen molar-refractivity contribution < 1.29 is 38.4 Å². The van der Waals surface area contributed by atoms with Gasteiger partial charge in [0.05, 0.1) is 13.2 Å². The Morgan fingerprint density at radius 2 is 1.40 bits per heavy atom. The molecule has 0 radical (unpaired) electrons. The van der Waals surface area contributed by atoms with Gasteiger partial charge in [0.15, 0.2) is 6.10 Å². The second-order valence-corrected chi connectivity index (χ2v) is 3.55. The van der Waals surface area contributed by atoms with Gasteiger partial charge >= 0.3 is 17.9 Å². The van der Waals surface area contributed by atoms with Crippen molar-refractivity contribution in [3.8, 4) is 0 Å². The minimum absolute atomic E-state index is 0.122. The first kappa shape index (κ1) is 20.6. The lowest BCUT2D eigenvalue weighted by Crippen LogP contribution is -2.29. The fourth-order valence-electron chi connectivity index (χ4n) is 0.863. The van der Waals surface area contributed by atoms with Gasteiger partial charge in [-0.3, -0.25) is 14.4 Å². The molecule has 0 unspecified atom stereocenters. The number of carbonyl (C=O) groups excluding carboxylic acids is 3. The van der Waals surface area contributed by atoms with Gasteiger partial charge in [-0.2, -0.15) is 0 Å². The van der Waals surface area contributed by atoms with Crippen molar-refractivity contribution in [1.82, 2.24) is 0 Å². The molecule has 0 saturated heterocycles. The van der Waals surface area contributed by atoms with Crippen LogP contribution in [0.15, 0.2) is 0 Å². The molecule has 0 aromatic rings. The molecule has 0 saturated carbocycles. The zero-order valence-corrected chi connectivity index (χ0v) is 12.2. The number of hydrogen-bond acceptors (Lipinski definition) is 8. The molecule has 1 N–H and O–H groups in total. The smallest absolute Gasteiger partial charge is 0.303 e. The largest absolute Gasteiger partial charge is 0.462 e. The molecule has 0 rings (SSSR count). The highest BCUT2D eigenvalue weighted by molar-refractivity contribution is 5.67. The van der Waals surface area contributed by atoms with E-state index in [0.717, 1.165) is 0 Å². The number of hydrogen-bond donors (Lipinski definition) is 1. The number of ether oxygens (including phenoxy) is 4. The van der Waals surface area contributed by atoms with Crippen molar-refractivity contribution >= 4 is 17.9 Å². The first-order valence-electron chi connectivity index (χ1n) is 5.87. The fourth-order valence-corrected chi connectivity index (χ4v) is 0.863. The standard InChI is InChI=1S/C9H14O6.C3H8O2/c1-6(10)13-4-9(15-8(3)12)5-14-7(2)11;1-5-3-2-4/h9H,4-5H2,1-3H3;4H,2-3H2,1H3. The number of methoxy groups -OCH3 is 1. The quantitative estimate of drug-likeness (QED) is 0.502. The third kappa shape index (κ3) is 18.7. The molecule has 0 aliphatic rings. The van der Waals surface area contributed by atoms with E-state index >= 15 is 0 Å². The predicted octanol–water partition coefficient (Wildman–Crippen LogP) is -0.331. The van der Waals surface area contributed by atoms with E-state index in [9.17, 15) is 14.4 Å². The van der Waals surface area contributed by atoms with Crippen molar-refractivity contribution in [2.75, 3.05) is 33.5 Å². The van der Waals surface area contributed by atoms with E-state index in [-0.39, 0.29) is 19.8 Å². The molecule has 0 atom stereocenters. The topological polar surface area (TPSA) is 108 Å². The van der Waals surface area contributed by atoms with Crippen LogP contribution in [0.1, 0.15) is 20.8 Å². The fraction of sp³-hybridized carbons (Fsp3) is 0.750. The van der Waals surface area contributed by atoms with Crippen LogP contribution >= 0.6 is 0 Å². The highest BCUT2D eigenvalue weighted by Gasteiger charge is 2.15. The molecule has 0 spiro atoms. The normalized spacial score (nSPS) is 9.30. The Kier molecular flexibility index (Phi) is 14.2. The molecule has 8 heteroatoms. The molecule has 0 heterocycles. The number of carbonyl (C=O) groups is 3. The lowest BCUT2D eigenvalue weighted by molar-refractivity contribution is -0.163. The van der Waals surface area contributed by atoms with Crippen LogP contribution in [0.3, 0.4) is 0 Å². The summed E-state index contributed by atoms with van der Waals surface area (Å²) < 4.78 is 18.5. The second kappa shape index (κ2) is 13.8. The average Bonchev–Trinajstić information content (AvgIpc) is 2.33. The minimum Gasteiger partial charge on any atom is -0.462 e. The second-order valence-electron chi connectivity index (χ2n) is 3.55. The van der Waals surface area contributed by atoms with Crippen molar-refractivity contribution in [3.05, 3.63) is 0 Å². The van der Waals surface area contributed by atoms with E-state index in [1.807, 2.05) is 0 Å². The summed E-state index contributed by atoms with van der Waals surface area (Å²) in [4.78, 5) is 31.6. The number of aliphatic hydroxyl groups is 1. The summed E-state index contributed by atoms with van der Waals surface area (Å²) in [5, 5.41) is 7.94. The molecule has 0 fully saturated rings. The number of esters is 3. The maximum Gasteiger partial charge on any atom is 0.303 e. The van der Waals surface area contributed by atoms with Crippen molar-refractivity contribution in [1.29, 1.82) is 0 Å². The molecule has 0 aliphatic heterocycles. The van der Waals surface area contributed by atoms with Gasteiger partial charge in [0.25, 0.3) is 0 Å². The Morgan fingerprint density at radius 1 is 0.950 bits per heavy atom. The van der Waals surface area contributed by atoms with E-state index in [0.29, 0.717) is 6.61 Å². The van der Waals surface area contributed by atoms with Crippen LogP contribution < -0.4 is 0 Å². The summed E-state index contributed by atoms with van der Waals surface area (Å²) in [7, 11) is 1.55. The van der Waals surface area contributed by atoms with E-state index in [2.05, 4.69) is 14.2 Å². The third-order valence-electron chi connectivity index (χ3n) is 1.57. The lowest BCUT2D eigenvalue weighted by Gasteiger charge is -2.15. The highest BCUT2D eigenvalue weighted by Crippen LogP contribution is 1.97. The van der Waals surface area contributed by atoms with Gasteiger partial charge in [0.2, 0.25) is 0 Å². The Morgan fingerprint density at radius 3 is 1.60 bits per heavy atom. The minimum atomic E-state index is -0.754. The Labute approximate surface area is 117 Å². The van der Waals surface area contributed by atoms with Crippen molar-refractivity contribution in [3.63, 3.8) is 0 Å². The van der Waals surface area contributed by atoms with Gasteiger partial charge in [0, 0.05) is 27.9 Å². The molecule has 0 aromatic heterocycles. The van der Waals surface area contributed by atoms with Gasteiger partial charge in [0.1, 0.15) is 13.2 Å². The zero-order chi connectivity index (χ0) is 16.0. The molecule has 20 heavy (non-hydrogen) atoms. The Balaban J connectivity index is 0. The lowest BCUT2D eigenvalue weighted by atomic mass is 10.4. The summed E-state index contributed by atoms with van der Waals surface area (Å²) in [6.07, 6.45) is -0.754. The number of rotatable bonds is 7. The molecule has 118 valence electrons. The summed E-state index contributed by atoms with van der Waals surface area (Å²) in [5.41, 5.74) is 0. The first-order valence-corrected chi connectivity index (χ1v) is 5.87. The zero-order valence-electron chi connectivity index (χ0n) is 12.2. The first-order chi connectivity index (χ1) is 9.33. The van der Waals surface area contributed by atoms with Gasteiger partial charge in [-0.25, -0.2) is 0 Å². The molecular weight excluding hydrogens is 272 g/mol. The van der Waals surface area contributed by atoms with Gasteiger partial charge in [-0.15, -0.1) is 0 Å². The van der Waals surface area contributed by atoms with Crippen LogP contribution in [-0.4, -0.2) is 62.7 Å². The van der Waals surface area contributed by atoms with Crippen LogP contribution in [0.2, 0.25) is 0 Å². The van der Waals surface area contributed by atoms with Crippen LogP contribution in [0.4, 0.5) is 0 Å². The van der Waals surface area contributed by atoms with Crippen LogP contribution in [0, 0.1) is 0 Å². The molecule has 0 aromatic carbocycles. The maximum atomic E-state index is 10.6. The SMILES string of the molecule is CC(=O)OCC(COC(C)=O)OC(C)=O.COCCO.